The Morgan fingerprint density at radius 2 is 2.09 bits per heavy atom. The van der Waals surface area contributed by atoms with Crippen LogP contribution in [0.15, 0.2) is 36.5 Å². The van der Waals surface area contributed by atoms with E-state index in [0.29, 0.717) is 11.7 Å². The molecule has 0 spiro atoms. The molecule has 0 saturated heterocycles. The van der Waals surface area contributed by atoms with Crippen molar-refractivity contribution < 1.29 is 13.2 Å². The molecule has 0 amide bonds. The Labute approximate surface area is 136 Å². The molecule has 1 aliphatic rings. The van der Waals surface area contributed by atoms with E-state index >= 15 is 0 Å². The number of aryl methyl sites for hydroxylation is 1. The van der Waals surface area contributed by atoms with Crippen molar-refractivity contribution in [2.24, 2.45) is 5.92 Å². The fourth-order valence-corrected chi connectivity index (χ4v) is 4.05. The third-order valence-electron chi connectivity index (χ3n) is 4.08. The van der Waals surface area contributed by atoms with Crippen LogP contribution in [0.3, 0.4) is 0 Å². The van der Waals surface area contributed by atoms with Crippen LogP contribution in [0.4, 0.5) is 5.82 Å². The quantitative estimate of drug-likeness (QED) is 0.843. The van der Waals surface area contributed by atoms with Gasteiger partial charge in [-0.3, -0.25) is 4.72 Å². The van der Waals surface area contributed by atoms with E-state index in [1.807, 2.05) is 31.2 Å². The van der Waals surface area contributed by atoms with Gasteiger partial charge in [-0.05, 0) is 37.3 Å². The summed E-state index contributed by atoms with van der Waals surface area (Å²) in [5, 5.41) is 4.24. The molecule has 1 aliphatic carbocycles. The number of hydrogen-bond donors (Lipinski definition) is 1. The Morgan fingerprint density at radius 3 is 2.74 bits per heavy atom. The van der Waals surface area contributed by atoms with Gasteiger partial charge in [-0.1, -0.05) is 18.2 Å². The average molecular weight is 335 g/mol. The number of nitrogens with one attached hydrogen (secondary N) is 1. The van der Waals surface area contributed by atoms with E-state index < -0.39 is 10.0 Å². The van der Waals surface area contributed by atoms with Crippen molar-refractivity contribution in [2.75, 3.05) is 17.6 Å². The van der Waals surface area contributed by atoms with E-state index in [4.69, 9.17) is 4.74 Å². The van der Waals surface area contributed by atoms with Crippen LogP contribution in [0.2, 0.25) is 0 Å². The number of sulfonamides is 1. The smallest absolute Gasteiger partial charge is 0.236 e. The number of anilines is 1. The third-order valence-corrected chi connectivity index (χ3v) is 5.37. The zero-order chi connectivity index (χ0) is 16.4. The maximum atomic E-state index is 12.4. The Morgan fingerprint density at radius 1 is 1.35 bits per heavy atom. The molecule has 0 radical (unpaired) electrons. The van der Waals surface area contributed by atoms with Crippen molar-refractivity contribution >= 4 is 15.8 Å². The molecule has 23 heavy (non-hydrogen) atoms. The molecular weight excluding hydrogens is 314 g/mol. The molecule has 0 bridgehead atoms. The van der Waals surface area contributed by atoms with Gasteiger partial charge in [0.25, 0.3) is 0 Å². The van der Waals surface area contributed by atoms with Gasteiger partial charge < -0.3 is 4.74 Å². The van der Waals surface area contributed by atoms with E-state index in [0.717, 1.165) is 24.1 Å². The average Bonchev–Trinajstić information content (AvgIpc) is 3.26. The van der Waals surface area contributed by atoms with Crippen LogP contribution in [0.1, 0.15) is 18.4 Å². The van der Waals surface area contributed by atoms with Gasteiger partial charge in [0.05, 0.1) is 23.7 Å². The fraction of sp³-hybridized carbons (Fsp3) is 0.438. The summed E-state index contributed by atoms with van der Waals surface area (Å²) in [7, 11) is -1.93. The zero-order valence-corrected chi connectivity index (χ0v) is 14.1. The molecule has 1 fully saturated rings. The molecule has 2 aromatic rings. The number of hydrogen-bond acceptors (Lipinski definition) is 4. The minimum Gasteiger partial charge on any atom is -0.380 e. The van der Waals surface area contributed by atoms with E-state index in [2.05, 4.69) is 9.82 Å². The summed E-state index contributed by atoms with van der Waals surface area (Å²) >= 11 is 0. The lowest BCUT2D eigenvalue weighted by Crippen LogP contribution is -2.29. The number of rotatable bonds is 7. The molecule has 1 aromatic heterocycles. The second kappa shape index (κ2) is 6.33. The van der Waals surface area contributed by atoms with Crippen LogP contribution < -0.4 is 4.72 Å². The van der Waals surface area contributed by atoms with Gasteiger partial charge in [-0.2, -0.15) is 5.10 Å². The molecule has 1 heterocycles. The van der Waals surface area contributed by atoms with Gasteiger partial charge in [0.2, 0.25) is 10.0 Å². The summed E-state index contributed by atoms with van der Waals surface area (Å²) in [6.07, 6.45) is 3.41. The highest BCUT2D eigenvalue weighted by Gasteiger charge is 2.34. The molecule has 7 heteroatoms. The molecule has 1 unspecified atom stereocenters. The number of ether oxygens (including phenoxy) is 1. The van der Waals surface area contributed by atoms with Crippen LogP contribution in [0, 0.1) is 12.8 Å². The van der Waals surface area contributed by atoms with Crippen LogP contribution in [0.5, 0.6) is 0 Å². The molecule has 3 rings (SSSR count). The Balaban J connectivity index is 1.81. The van der Waals surface area contributed by atoms with Crippen molar-refractivity contribution in [1.29, 1.82) is 0 Å². The highest BCUT2D eigenvalue weighted by molar-refractivity contribution is 7.92. The van der Waals surface area contributed by atoms with E-state index in [9.17, 15) is 8.42 Å². The fourth-order valence-electron chi connectivity index (χ4n) is 2.66. The second-order valence-corrected chi connectivity index (χ2v) is 7.68. The summed E-state index contributed by atoms with van der Waals surface area (Å²) in [5.74, 6) is 0.760. The zero-order valence-electron chi connectivity index (χ0n) is 13.3. The van der Waals surface area contributed by atoms with Crippen LogP contribution in [0.25, 0.3) is 5.69 Å². The van der Waals surface area contributed by atoms with Gasteiger partial charge in [0.15, 0.2) is 0 Å². The number of benzene rings is 1. The SMILES string of the molecule is COC(CS(=O)(=O)Nc1ccnn1-c1ccccc1C)C1CC1. The third kappa shape index (κ3) is 3.73. The summed E-state index contributed by atoms with van der Waals surface area (Å²) in [4.78, 5) is 0. The first-order valence-electron chi connectivity index (χ1n) is 7.63. The van der Waals surface area contributed by atoms with Gasteiger partial charge in [-0.15, -0.1) is 0 Å². The molecule has 0 aliphatic heterocycles. The van der Waals surface area contributed by atoms with Gasteiger partial charge in [-0.25, -0.2) is 13.1 Å². The van der Waals surface area contributed by atoms with E-state index in [-0.39, 0.29) is 11.9 Å². The molecule has 1 N–H and O–H groups in total. The van der Waals surface area contributed by atoms with E-state index in [1.54, 1.807) is 24.1 Å². The first kappa shape index (κ1) is 16.0. The molecule has 1 aromatic carbocycles. The van der Waals surface area contributed by atoms with Crippen molar-refractivity contribution in [1.82, 2.24) is 9.78 Å². The normalized spacial score (nSPS) is 16.3. The van der Waals surface area contributed by atoms with Crippen LogP contribution in [-0.2, 0) is 14.8 Å². The largest absolute Gasteiger partial charge is 0.380 e. The predicted molar refractivity (Wildman–Crippen MR) is 89.2 cm³/mol. The summed E-state index contributed by atoms with van der Waals surface area (Å²) in [6.45, 7) is 1.96. The summed E-state index contributed by atoms with van der Waals surface area (Å²) < 4.78 is 34.4. The Bertz CT molecular complexity index is 781. The molecule has 6 nitrogen and oxygen atoms in total. The van der Waals surface area contributed by atoms with Crippen molar-refractivity contribution in [3.05, 3.63) is 42.1 Å². The van der Waals surface area contributed by atoms with Crippen molar-refractivity contribution in [3.63, 3.8) is 0 Å². The minimum atomic E-state index is -3.50. The van der Waals surface area contributed by atoms with Crippen molar-refractivity contribution in [2.45, 2.75) is 25.9 Å². The minimum absolute atomic E-state index is 0.0346. The van der Waals surface area contributed by atoms with Gasteiger partial charge in [0, 0.05) is 13.2 Å². The molecule has 1 saturated carbocycles. The summed E-state index contributed by atoms with van der Waals surface area (Å²) in [5.41, 5.74) is 1.87. The highest BCUT2D eigenvalue weighted by atomic mass is 32.2. The van der Waals surface area contributed by atoms with Crippen molar-refractivity contribution in [3.8, 4) is 5.69 Å². The Kier molecular flexibility index (Phi) is 4.41. The predicted octanol–water partition coefficient (Wildman–Crippen LogP) is 2.35. The molecule has 1 atom stereocenters. The lowest BCUT2D eigenvalue weighted by molar-refractivity contribution is 0.103. The second-order valence-electron chi connectivity index (χ2n) is 5.91. The number of para-hydroxylation sites is 1. The lowest BCUT2D eigenvalue weighted by Gasteiger charge is -2.16. The maximum absolute atomic E-state index is 12.4. The first-order chi connectivity index (χ1) is 11.0. The number of nitrogens with zero attached hydrogens (tertiary/aromatic N) is 2. The number of aromatic nitrogens is 2. The van der Waals surface area contributed by atoms with Crippen LogP contribution in [-0.4, -0.2) is 37.2 Å². The highest BCUT2D eigenvalue weighted by Crippen LogP contribution is 2.34. The van der Waals surface area contributed by atoms with Gasteiger partial charge in [0.1, 0.15) is 5.82 Å². The molecular formula is C16H21N3O3S. The van der Waals surface area contributed by atoms with Crippen LogP contribution >= 0.6 is 0 Å². The number of methoxy groups -OCH3 is 1. The lowest BCUT2D eigenvalue weighted by atomic mass is 10.2. The maximum Gasteiger partial charge on any atom is 0.236 e. The topological polar surface area (TPSA) is 73.2 Å². The Hall–Kier alpha value is -1.86. The first-order valence-corrected chi connectivity index (χ1v) is 9.29. The van der Waals surface area contributed by atoms with Gasteiger partial charge >= 0.3 is 0 Å². The standard InChI is InChI=1S/C16H21N3O3S/c1-12-5-3-4-6-14(12)19-16(9-10-17-19)18-23(20,21)11-15(22-2)13-7-8-13/h3-6,9-10,13,15,18H,7-8,11H2,1-2H3. The monoisotopic (exact) mass is 335 g/mol. The summed E-state index contributed by atoms with van der Waals surface area (Å²) in [6, 6.07) is 9.36. The van der Waals surface area contributed by atoms with E-state index in [1.165, 1.54) is 0 Å². The molecule has 124 valence electrons.